The number of nitrogens with two attached hydrogens (primary N) is 1. The monoisotopic (exact) mass is 448 g/mol. The topological polar surface area (TPSA) is 140 Å². The number of rotatable bonds is 9. The number of halogens is 2. The number of carbonyl (C=O) groups excluding carboxylic acids is 1. The highest BCUT2D eigenvalue weighted by atomic mass is 19.1. The Labute approximate surface area is 181 Å². The number of aliphatic hydroxyl groups excluding tert-OH is 1. The molecule has 0 saturated heterocycles. The van der Waals surface area contributed by atoms with Crippen LogP contribution in [0, 0.1) is 11.6 Å². The lowest BCUT2D eigenvalue weighted by Gasteiger charge is -2.12. The van der Waals surface area contributed by atoms with Crippen molar-refractivity contribution < 1.29 is 28.6 Å². The number of carbonyl (C=O) groups is 1. The molecule has 0 spiro atoms. The van der Waals surface area contributed by atoms with Crippen LogP contribution < -0.4 is 16.6 Å². The van der Waals surface area contributed by atoms with Gasteiger partial charge in [0, 0.05) is 36.4 Å². The molecule has 1 amide bonds. The van der Waals surface area contributed by atoms with E-state index in [0.29, 0.717) is 25.5 Å². The second kappa shape index (κ2) is 10.2. The molecule has 1 aromatic carbocycles. The van der Waals surface area contributed by atoms with Crippen LogP contribution in [0.4, 0.5) is 14.5 Å². The molecule has 0 aliphatic heterocycles. The number of aryl methyl sites for hydroxylation is 1. The first-order valence-corrected chi connectivity index (χ1v) is 9.76. The van der Waals surface area contributed by atoms with Crippen molar-refractivity contribution >= 4 is 22.6 Å². The average Bonchev–Trinajstić information content (AvgIpc) is 2.77. The Morgan fingerprint density at radius 2 is 2.03 bits per heavy atom. The third-order valence-corrected chi connectivity index (χ3v) is 4.76. The van der Waals surface area contributed by atoms with Gasteiger partial charge in [0.1, 0.15) is 17.2 Å². The molecule has 3 rings (SSSR count). The van der Waals surface area contributed by atoms with Crippen molar-refractivity contribution in [3.63, 3.8) is 0 Å². The Morgan fingerprint density at radius 1 is 1.25 bits per heavy atom. The zero-order valence-electron chi connectivity index (χ0n) is 17.0. The third-order valence-electron chi connectivity index (χ3n) is 4.76. The first-order chi connectivity index (χ1) is 15.3. The van der Waals surface area contributed by atoms with Gasteiger partial charge in [-0.25, -0.2) is 13.8 Å². The molecule has 2 heterocycles. The summed E-state index contributed by atoms with van der Waals surface area (Å²) in [4.78, 5) is 29.2. The van der Waals surface area contributed by atoms with Gasteiger partial charge < -0.3 is 26.1 Å². The number of amides is 1. The van der Waals surface area contributed by atoms with Crippen LogP contribution in [0.15, 0.2) is 35.3 Å². The van der Waals surface area contributed by atoms with Crippen LogP contribution in [0.1, 0.15) is 27.9 Å². The number of nitrogens with one attached hydrogen (secondary N) is 1. The van der Waals surface area contributed by atoms with Gasteiger partial charge in [0.2, 0.25) is 0 Å². The lowest BCUT2D eigenvalue weighted by molar-refractivity contribution is 0.0909. The van der Waals surface area contributed by atoms with Crippen molar-refractivity contribution in [2.75, 3.05) is 25.6 Å². The van der Waals surface area contributed by atoms with E-state index in [-0.39, 0.29) is 46.8 Å². The van der Waals surface area contributed by atoms with Gasteiger partial charge in [0.05, 0.1) is 18.9 Å². The van der Waals surface area contributed by atoms with E-state index >= 15 is 0 Å². The molecule has 0 aliphatic rings. The predicted molar refractivity (Wildman–Crippen MR) is 111 cm³/mol. The van der Waals surface area contributed by atoms with Crippen LogP contribution in [0.25, 0.3) is 11.0 Å². The summed E-state index contributed by atoms with van der Waals surface area (Å²) in [7, 11) is 0. The standard InChI is InChI=1S/C21H22F2N4O5/c22-14-4-3-13(16(23)9-14)11-26-20(29)17-18(24)15-8-12(2-1-6-32-7-5-28)10-25-19(15)27(31)21(17)30/h3-4,8-10,28,31H,1-2,5-7,11,24H2,(H,26,29). The van der Waals surface area contributed by atoms with E-state index in [1.54, 1.807) is 6.07 Å². The van der Waals surface area contributed by atoms with Crippen molar-refractivity contribution in [1.29, 1.82) is 0 Å². The van der Waals surface area contributed by atoms with Gasteiger partial charge in [0.25, 0.3) is 11.5 Å². The summed E-state index contributed by atoms with van der Waals surface area (Å²) >= 11 is 0. The lowest BCUT2D eigenvalue weighted by Crippen LogP contribution is -2.34. The molecule has 32 heavy (non-hydrogen) atoms. The number of aliphatic hydroxyl groups is 1. The summed E-state index contributed by atoms with van der Waals surface area (Å²) < 4.78 is 32.3. The van der Waals surface area contributed by atoms with Crippen LogP contribution in [0.5, 0.6) is 0 Å². The van der Waals surface area contributed by atoms with Crippen molar-refractivity contribution in [1.82, 2.24) is 15.0 Å². The van der Waals surface area contributed by atoms with Crippen LogP contribution in [0.2, 0.25) is 0 Å². The largest absolute Gasteiger partial charge is 0.423 e. The Bertz CT molecular complexity index is 1200. The highest BCUT2D eigenvalue weighted by Crippen LogP contribution is 2.22. The van der Waals surface area contributed by atoms with Gasteiger partial charge in [-0.15, -0.1) is 4.73 Å². The normalized spacial score (nSPS) is 11.1. The number of hydrogen-bond donors (Lipinski definition) is 4. The van der Waals surface area contributed by atoms with Crippen molar-refractivity contribution in [3.05, 3.63) is 69.1 Å². The fourth-order valence-corrected chi connectivity index (χ4v) is 3.15. The first kappa shape index (κ1) is 23.1. The van der Waals surface area contributed by atoms with Crippen molar-refractivity contribution in [2.24, 2.45) is 0 Å². The highest BCUT2D eigenvalue weighted by Gasteiger charge is 2.22. The quantitative estimate of drug-likeness (QED) is 0.286. The maximum Gasteiger partial charge on any atom is 0.299 e. The van der Waals surface area contributed by atoms with E-state index in [0.717, 1.165) is 11.6 Å². The first-order valence-electron chi connectivity index (χ1n) is 9.76. The number of anilines is 1. The van der Waals surface area contributed by atoms with E-state index in [4.69, 9.17) is 15.6 Å². The summed E-state index contributed by atoms with van der Waals surface area (Å²) in [5.41, 5.74) is 4.91. The highest BCUT2D eigenvalue weighted by molar-refractivity contribution is 6.05. The molecule has 0 aliphatic carbocycles. The molecule has 11 heteroatoms. The minimum atomic E-state index is -1.08. The minimum absolute atomic E-state index is 0.0100. The van der Waals surface area contributed by atoms with Gasteiger partial charge in [-0.2, -0.15) is 0 Å². The summed E-state index contributed by atoms with van der Waals surface area (Å²) in [5.74, 6) is -2.54. The molecule has 0 atom stereocenters. The maximum atomic E-state index is 13.8. The number of fused-ring (bicyclic) bond motifs is 1. The van der Waals surface area contributed by atoms with E-state index in [1.807, 2.05) is 0 Å². The van der Waals surface area contributed by atoms with Gasteiger partial charge >= 0.3 is 0 Å². The average molecular weight is 448 g/mol. The van der Waals surface area contributed by atoms with E-state index in [9.17, 15) is 23.6 Å². The summed E-state index contributed by atoms with van der Waals surface area (Å²) in [6, 6.07) is 4.48. The van der Waals surface area contributed by atoms with E-state index in [1.165, 1.54) is 12.3 Å². The van der Waals surface area contributed by atoms with Gasteiger partial charge in [0.15, 0.2) is 5.65 Å². The molecule has 170 valence electrons. The zero-order valence-corrected chi connectivity index (χ0v) is 17.0. The second-order valence-electron chi connectivity index (χ2n) is 6.98. The molecule has 3 aromatic rings. The molecule has 0 unspecified atom stereocenters. The Balaban J connectivity index is 1.85. The van der Waals surface area contributed by atoms with Crippen LogP contribution >= 0.6 is 0 Å². The number of benzene rings is 1. The molecule has 2 aromatic heterocycles. The van der Waals surface area contributed by atoms with E-state index in [2.05, 4.69) is 10.3 Å². The number of aromatic nitrogens is 2. The Hall–Kier alpha value is -3.57. The number of nitrogens with zero attached hydrogens (tertiary/aromatic N) is 2. The molecular formula is C21H22F2N4O5. The summed E-state index contributed by atoms with van der Waals surface area (Å²) in [6.07, 6.45) is 2.64. The molecule has 0 radical (unpaired) electrons. The van der Waals surface area contributed by atoms with Crippen LogP contribution in [-0.4, -0.2) is 45.8 Å². The van der Waals surface area contributed by atoms with Gasteiger partial charge in [-0.3, -0.25) is 9.59 Å². The molecule has 9 nitrogen and oxygen atoms in total. The van der Waals surface area contributed by atoms with E-state index < -0.39 is 28.7 Å². The predicted octanol–water partition coefficient (Wildman–Crippen LogP) is 1.37. The molecule has 5 N–H and O–H groups in total. The molecular weight excluding hydrogens is 426 g/mol. The lowest BCUT2D eigenvalue weighted by atomic mass is 10.1. The fourth-order valence-electron chi connectivity index (χ4n) is 3.15. The maximum absolute atomic E-state index is 13.8. The van der Waals surface area contributed by atoms with Gasteiger partial charge in [-0.05, 0) is 30.5 Å². The number of hydrogen-bond acceptors (Lipinski definition) is 7. The smallest absolute Gasteiger partial charge is 0.299 e. The minimum Gasteiger partial charge on any atom is -0.423 e. The second-order valence-corrected chi connectivity index (χ2v) is 6.98. The number of ether oxygens (including phenoxy) is 1. The van der Waals surface area contributed by atoms with Crippen molar-refractivity contribution in [2.45, 2.75) is 19.4 Å². The third kappa shape index (κ3) is 5.01. The fraction of sp³-hybridized carbons (Fsp3) is 0.286. The number of pyridine rings is 2. The number of nitrogen functional groups attached to an aromatic ring is 1. The van der Waals surface area contributed by atoms with Crippen LogP contribution in [-0.2, 0) is 17.7 Å². The molecule has 0 bridgehead atoms. The van der Waals surface area contributed by atoms with Crippen LogP contribution in [0.3, 0.4) is 0 Å². The van der Waals surface area contributed by atoms with Crippen molar-refractivity contribution in [3.8, 4) is 0 Å². The summed E-state index contributed by atoms with van der Waals surface area (Å²) in [6.45, 7) is 0.265. The van der Waals surface area contributed by atoms with Gasteiger partial charge in [-0.1, -0.05) is 6.07 Å². The molecule has 0 fully saturated rings. The SMILES string of the molecule is Nc1c(C(=O)NCc2ccc(F)cc2F)c(=O)n(O)c2ncc(CCCOCCO)cc12. The Kier molecular flexibility index (Phi) is 7.33. The summed E-state index contributed by atoms with van der Waals surface area (Å²) in [5, 5.41) is 21.5. The molecule has 0 saturated carbocycles. The zero-order chi connectivity index (χ0) is 23.3. The Morgan fingerprint density at radius 3 is 2.75 bits per heavy atom.